The first-order valence-electron chi connectivity index (χ1n) is 9.44. The first kappa shape index (κ1) is 17.6. The third-order valence-electron chi connectivity index (χ3n) is 5.60. The predicted molar refractivity (Wildman–Crippen MR) is 95.8 cm³/mol. The van der Waals surface area contributed by atoms with Crippen LogP contribution in [-0.4, -0.2) is 49.0 Å². The van der Waals surface area contributed by atoms with Gasteiger partial charge in [-0.25, -0.2) is 0 Å². The van der Waals surface area contributed by atoms with Crippen molar-refractivity contribution in [2.24, 2.45) is 5.92 Å². The predicted octanol–water partition coefficient (Wildman–Crippen LogP) is 3.26. The number of ether oxygens (including phenoxy) is 2. The van der Waals surface area contributed by atoms with Gasteiger partial charge < -0.3 is 14.6 Å². The van der Waals surface area contributed by atoms with Gasteiger partial charge in [0.1, 0.15) is 0 Å². The number of methoxy groups -OCH3 is 1. The van der Waals surface area contributed by atoms with Crippen LogP contribution in [0, 0.1) is 5.92 Å². The van der Waals surface area contributed by atoms with E-state index in [9.17, 15) is 5.11 Å². The van der Waals surface area contributed by atoms with Crippen LogP contribution in [0.5, 0.6) is 11.5 Å². The zero-order valence-corrected chi connectivity index (χ0v) is 15.0. The maximum Gasteiger partial charge on any atom is 0.161 e. The van der Waals surface area contributed by atoms with Crippen LogP contribution in [0.1, 0.15) is 44.6 Å². The van der Waals surface area contributed by atoms with Crippen LogP contribution in [0.3, 0.4) is 0 Å². The Kier molecular flexibility index (Phi) is 6.01. The lowest BCUT2D eigenvalue weighted by Crippen LogP contribution is -2.58. The van der Waals surface area contributed by atoms with Crippen molar-refractivity contribution >= 4 is 0 Å². The molecule has 0 radical (unpaired) electrons. The maximum atomic E-state index is 10.6. The van der Waals surface area contributed by atoms with E-state index < -0.39 is 0 Å². The number of hydrogen-bond donors (Lipinski definition) is 1. The van der Waals surface area contributed by atoms with Crippen molar-refractivity contribution < 1.29 is 14.6 Å². The van der Waals surface area contributed by atoms with Gasteiger partial charge in [-0.15, -0.1) is 0 Å². The maximum absolute atomic E-state index is 10.6. The van der Waals surface area contributed by atoms with Crippen LogP contribution in [0.15, 0.2) is 18.2 Å². The Morgan fingerprint density at radius 1 is 1.17 bits per heavy atom. The fourth-order valence-electron chi connectivity index (χ4n) is 4.11. The average molecular weight is 333 g/mol. The molecule has 2 bridgehead atoms. The minimum Gasteiger partial charge on any atom is -0.493 e. The SMILES string of the molecule is CCCCCOc1ccc(CC2C(O)C3CCN2CC3)cc1OC. The second-order valence-corrected chi connectivity index (χ2v) is 7.18. The van der Waals surface area contributed by atoms with Gasteiger partial charge in [0.05, 0.1) is 19.8 Å². The largest absolute Gasteiger partial charge is 0.493 e. The molecule has 1 aromatic carbocycles. The number of hydrogen-bond acceptors (Lipinski definition) is 4. The topological polar surface area (TPSA) is 41.9 Å². The molecule has 3 heterocycles. The zero-order chi connectivity index (χ0) is 16.9. The molecule has 4 rings (SSSR count). The van der Waals surface area contributed by atoms with Crippen LogP contribution in [0.4, 0.5) is 0 Å². The molecule has 1 N–H and O–H groups in total. The monoisotopic (exact) mass is 333 g/mol. The number of aliphatic hydroxyl groups excluding tert-OH is 1. The molecule has 4 heteroatoms. The van der Waals surface area contributed by atoms with Gasteiger partial charge in [-0.2, -0.15) is 0 Å². The molecule has 3 saturated heterocycles. The summed E-state index contributed by atoms with van der Waals surface area (Å²) in [6.45, 7) is 5.18. The number of rotatable bonds is 8. The third-order valence-corrected chi connectivity index (χ3v) is 5.60. The minimum absolute atomic E-state index is 0.191. The van der Waals surface area contributed by atoms with Gasteiger partial charge >= 0.3 is 0 Å². The number of benzene rings is 1. The molecule has 3 aliphatic heterocycles. The third kappa shape index (κ3) is 3.86. The molecule has 0 aliphatic carbocycles. The molecule has 0 aromatic heterocycles. The van der Waals surface area contributed by atoms with Crippen LogP contribution in [0.25, 0.3) is 0 Å². The summed E-state index contributed by atoms with van der Waals surface area (Å²) in [6.07, 6.45) is 6.44. The molecular formula is C20H31NO3. The van der Waals surface area contributed by atoms with Crippen molar-refractivity contribution in [1.29, 1.82) is 0 Å². The summed E-state index contributed by atoms with van der Waals surface area (Å²) < 4.78 is 11.4. The first-order chi connectivity index (χ1) is 11.7. The van der Waals surface area contributed by atoms with Crippen LogP contribution >= 0.6 is 0 Å². The quantitative estimate of drug-likeness (QED) is 0.742. The molecule has 24 heavy (non-hydrogen) atoms. The standard InChI is InChI=1S/C20H31NO3/c1-3-4-5-12-24-18-7-6-15(14-19(18)23-2)13-17-20(22)16-8-10-21(17)11-9-16/h6-7,14,16-17,20,22H,3-5,8-13H2,1-2H3. The fraction of sp³-hybridized carbons (Fsp3) is 0.700. The van der Waals surface area contributed by atoms with Crippen molar-refractivity contribution in [2.75, 3.05) is 26.8 Å². The van der Waals surface area contributed by atoms with E-state index in [-0.39, 0.29) is 12.1 Å². The summed E-state index contributed by atoms with van der Waals surface area (Å²) in [5.41, 5.74) is 1.21. The fourth-order valence-corrected chi connectivity index (χ4v) is 4.11. The molecule has 134 valence electrons. The Bertz CT molecular complexity index is 524. The van der Waals surface area contributed by atoms with E-state index in [1.807, 2.05) is 6.07 Å². The van der Waals surface area contributed by atoms with E-state index in [0.29, 0.717) is 5.92 Å². The summed E-state index contributed by atoms with van der Waals surface area (Å²) >= 11 is 0. The van der Waals surface area contributed by atoms with E-state index in [0.717, 1.165) is 56.9 Å². The van der Waals surface area contributed by atoms with Crippen molar-refractivity contribution in [2.45, 2.75) is 57.6 Å². The lowest BCUT2D eigenvalue weighted by molar-refractivity contribution is -0.0715. The summed E-state index contributed by atoms with van der Waals surface area (Å²) in [6, 6.07) is 6.46. The normalized spacial score (nSPS) is 28.8. The summed E-state index contributed by atoms with van der Waals surface area (Å²) in [5, 5.41) is 10.6. The summed E-state index contributed by atoms with van der Waals surface area (Å²) in [7, 11) is 1.69. The molecular weight excluding hydrogens is 302 g/mol. The summed E-state index contributed by atoms with van der Waals surface area (Å²) in [4.78, 5) is 2.45. The number of fused-ring (bicyclic) bond motifs is 3. The van der Waals surface area contributed by atoms with Crippen LogP contribution < -0.4 is 9.47 Å². The van der Waals surface area contributed by atoms with Gasteiger partial charge in [-0.3, -0.25) is 4.90 Å². The molecule has 0 saturated carbocycles. The Morgan fingerprint density at radius 3 is 2.62 bits per heavy atom. The number of piperidine rings is 3. The molecule has 0 amide bonds. The highest BCUT2D eigenvalue weighted by molar-refractivity contribution is 5.43. The highest BCUT2D eigenvalue weighted by Crippen LogP contribution is 2.35. The van der Waals surface area contributed by atoms with Gasteiger partial charge in [0.25, 0.3) is 0 Å². The highest BCUT2D eigenvalue weighted by atomic mass is 16.5. The van der Waals surface area contributed by atoms with Crippen LogP contribution in [-0.2, 0) is 6.42 Å². The number of unbranched alkanes of at least 4 members (excludes halogenated alkanes) is 2. The zero-order valence-electron chi connectivity index (χ0n) is 15.0. The van der Waals surface area contributed by atoms with E-state index in [2.05, 4.69) is 24.0 Å². The van der Waals surface area contributed by atoms with Crippen molar-refractivity contribution in [3.63, 3.8) is 0 Å². The number of aliphatic hydroxyl groups is 1. The summed E-state index contributed by atoms with van der Waals surface area (Å²) in [5.74, 6) is 2.11. The van der Waals surface area contributed by atoms with E-state index in [1.54, 1.807) is 7.11 Å². The van der Waals surface area contributed by atoms with Gasteiger partial charge in [0.15, 0.2) is 11.5 Å². The lowest BCUT2D eigenvalue weighted by Gasteiger charge is -2.49. The van der Waals surface area contributed by atoms with E-state index >= 15 is 0 Å². The van der Waals surface area contributed by atoms with Gasteiger partial charge in [-0.1, -0.05) is 25.8 Å². The van der Waals surface area contributed by atoms with Crippen LogP contribution in [0.2, 0.25) is 0 Å². The Balaban J connectivity index is 1.64. The lowest BCUT2D eigenvalue weighted by atomic mass is 9.78. The van der Waals surface area contributed by atoms with Crippen molar-refractivity contribution in [3.05, 3.63) is 23.8 Å². The molecule has 2 unspecified atom stereocenters. The molecule has 0 spiro atoms. The second kappa shape index (κ2) is 8.21. The van der Waals surface area contributed by atoms with Crippen molar-refractivity contribution in [1.82, 2.24) is 4.90 Å². The molecule has 1 aromatic rings. The molecule has 2 atom stereocenters. The molecule has 3 fully saturated rings. The Hall–Kier alpha value is -1.26. The average Bonchev–Trinajstić information content (AvgIpc) is 2.63. The Morgan fingerprint density at radius 2 is 1.96 bits per heavy atom. The van der Waals surface area contributed by atoms with Crippen molar-refractivity contribution in [3.8, 4) is 11.5 Å². The van der Waals surface area contributed by atoms with Gasteiger partial charge in [-0.05, 0) is 62.4 Å². The Labute approximate surface area is 145 Å². The first-order valence-corrected chi connectivity index (χ1v) is 9.44. The molecule has 3 aliphatic rings. The van der Waals surface area contributed by atoms with E-state index in [1.165, 1.54) is 18.4 Å². The van der Waals surface area contributed by atoms with E-state index in [4.69, 9.17) is 9.47 Å². The second-order valence-electron chi connectivity index (χ2n) is 7.18. The molecule has 4 nitrogen and oxygen atoms in total. The highest BCUT2D eigenvalue weighted by Gasteiger charge is 2.40. The smallest absolute Gasteiger partial charge is 0.161 e. The van der Waals surface area contributed by atoms with Gasteiger partial charge in [0.2, 0.25) is 0 Å². The minimum atomic E-state index is -0.191. The number of nitrogens with zero attached hydrogens (tertiary/aromatic N) is 1. The van der Waals surface area contributed by atoms with Gasteiger partial charge in [0, 0.05) is 6.04 Å².